The SMILES string of the molecule is OCC(O)CN1CCc2cc(O)ccc21. The third kappa shape index (κ3) is 2.06. The van der Waals surface area contributed by atoms with E-state index in [1.165, 1.54) is 0 Å². The number of aliphatic hydroxyl groups excluding tert-OH is 2. The lowest BCUT2D eigenvalue weighted by Gasteiger charge is -2.21. The van der Waals surface area contributed by atoms with Crippen LogP contribution in [0.3, 0.4) is 0 Å². The van der Waals surface area contributed by atoms with Crippen molar-refractivity contribution in [3.05, 3.63) is 23.8 Å². The van der Waals surface area contributed by atoms with Gasteiger partial charge in [0, 0.05) is 18.8 Å². The molecule has 1 aliphatic rings. The van der Waals surface area contributed by atoms with Crippen LogP contribution in [0.5, 0.6) is 5.75 Å². The van der Waals surface area contributed by atoms with Gasteiger partial charge >= 0.3 is 0 Å². The van der Waals surface area contributed by atoms with Crippen LogP contribution in [0.4, 0.5) is 5.69 Å². The van der Waals surface area contributed by atoms with E-state index in [4.69, 9.17) is 5.11 Å². The number of hydrogen-bond donors (Lipinski definition) is 3. The van der Waals surface area contributed by atoms with Gasteiger partial charge in [0.15, 0.2) is 0 Å². The number of aliphatic hydroxyl groups is 2. The highest BCUT2D eigenvalue weighted by Gasteiger charge is 2.21. The average molecular weight is 209 g/mol. The van der Waals surface area contributed by atoms with E-state index in [2.05, 4.69) is 0 Å². The number of anilines is 1. The van der Waals surface area contributed by atoms with Crippen molar-refractivity contribution in [2.75, 3.05) is 24.6 Å². The fourth-order valence-electron chi connectivity index (χ4n) is 1.96. The molecule has 82 valence electrons. The quantitative estimate of drug-likeness (QED) is 0.661. The van der Waals surface area contributed by atoms with E-state index in [-0.39, 0.29) is 12.4 Å². The Morgan fingerprint density at radius 1 is 1.40 bits per heavy atom. The van der Waals surface area contributed by atoms with Crippen molar-refractivity contribution in [3.63, 3.8) is 0 Å². The lowest BCUT2D eigenvalue weighted by atomic mass is 10.1. The van der Waals surface area contributed by atoms with Gasteiger partial charge < -0.3 is 20.2 Å². The Hall–Kier alpha value is -1.26. The zero-order valence-corrected chi connectivity index (χ0v) is 8.43. The van der Waals surface area contributed by atoms with Gasteiger partial charge in [0.1, 0.15) is 5.75 Å². The molecule has 0 bridgehead atoms. The molecular weight excluding hydrogens is 194 g/mol. The van der Waals surface area contributed by atoms with Crippen molar-refractivity contribution in [2.45, 2.75) is 12.5 Å². The number of fused-ring (bicyclic) bond motifs is 1. The first kappa shape index (κ1) is 10.3. The van der Waals surface area contributed by atoms with Crippen LogP contribution < -0.4 is 4.90 Å². The van der Waals surface area contributed by atoms with E-state index in [1.54, 1.807) is 12.1 Å². The van der Waals surface area contributed by atoms with Crippen LogP contribution in [0, 0.1) is 0 Å². The van der Waals surface area contributed by atoms with Gasteiger partial charge in [-0.2, -0.15) is 0 Å². The summed E-state index contributed by atoms with van der Waals surface area (Å²) < 4.78 is 0. The summed E-state index contributed by atoms with van der Waals surface area (Å²) in [4.78, 5) is 2.02. The van der Waals surface area contributed by atoms with Gasteiger partial charge in [-0.3, -0.25) is 0 Å². The molecule has 1 atom stereocenters. The van der Waals surface area contributed by atoms with Crippen LogP contribution in [0.25, 0.3) is 0 Å². The van der Waals surface area contributed by atoms with Crippen molar-refractivity contribution in [1.29, 1.82) is 0 Å². The summed E-state index contributed by atoms with van der Waals surface area (Å²) in [5, 5.41) is 27.4. The molecule has 2 rings (SSSR count). The maximum atomic E-state index is 9.36. The lowest BCUT2D eigenvalue weighted by Crippen LogP contribution is -2.32. The highest BCUT2D eigenvalue weighted by Crippen LogP contribution is 2.30. The van der Waals surface area contributed by atoms with E-state index in [1.807, 2.05) is 11.0 Å². The fraction of sp³-hybridized carbons (Fsp3) is 0.455. The molecule has 3 N–H and O–H groups in total. The number of aromatic hydroxyl groups is 1. The number of benzene rings is 1. The molecule has 1 unspecified atom stereocenters. The fourth-order valence-corrected chi connectivity index (χ4v) is 1.96. The number of phenols is 1. The summed E-state index contributed by atoms with van der Waals surface area (Å²) in [5.41, 5.74) is 2.14. The van der Waals surface area contributed by atoms with Gasteiger partial charge in [-0.05, 0) is 30.2 Å². The van der Waals surface area contributed by atoms with Gasteiger partial charge in [-0.1, -0.05) is 0 Å². The van der Waals surface area contributed by atoms with Crippen molar-refractivity contribution in [1.82, 2.24) is 0 Å². The van der Waals surface area contributed by atoms with Crippen LogP contribution in [-0.2, 0) is 6.42 Å². The minimum Gasteiger partial charge on any atom is -0.508 e. The Morgan fingerprint density at radius 3 is 2.93 bits per heavy atom. The van der Waals surface area contributed by atoms with Crippen LogP contribution >= 0.6 is 0 Å². The Bertz CT molecular complexity index is 354. The number of hydrogen-bond acceptors (Lipinski definition) is 4. The first-order chi connectivity index (χ1) is 7.20. The molecule has 0 amide bonds. The maximum absolute atomic E-state index is 9.36. The Labute approximate surface area is 88.4 Å². The monoisotopic (exact) mass is 209 g/mol. The Balaban J connectivity index is 2.14. The molecule has 4 heteroatoms. The predicted molar refractivity (Wildman–Crippen MR) is 57.1 cm³/mol. The molecule has 1 aliphatic heterocycles. The van der Waals surface area contributed by atoms with Crippen molar-refractivity contribution >= 4 is 5.69 Å². The molecule has 0 fully saturated rings. The van der Waals surface area contributed by atoms with E-state index in [0.29, 0.717) is 6.54 Å². The number of phenolic OH excluding ortho intramolecular Hbond substituents is 1. The first-order valence-corrected chi connectivity index (χ1v) is 5.06. The van der Waals surface area contributed by atoms with E-state index < -0.39 is 6.10 Å². The van der Waals surface area contributed by atoms with Crippen LogP contribution in [-0.4, -0.2) is 41.1 Å². The zero-order chi connectivity index (χ0) is 10.8. The molecule has 0 aliphatic carbocycles. The van der Waals surface area contributed by atoms with Gasteiger partial charge in [0.25, 0.3) is 0 Å². The summed E-state index contributed by atoms with van der Waals surface area (Å²) in [6.07, 6.45) is 0.173. The molecule has 0 aromatic heterocycles. The smallest absolute Gasteiger partial charge is 0.116 e. The standard InChI is InChI=1S/C11H15NO3/c13-7-10(15)6-12-4-3-8-5-9(14)1-2-11(8)12/h1-2,5,10,13-15H,3-4,6-7H2. The van der Waals surface area contributed by atoms with Crippen LogP contribution in [0.2, 0.25) is 0 Å². The third-order valence-corrected chi connectivity index (χ3v) is 2.70. The van der Waals surface area contributed by atoms with Crippen LogP contribution in [0.15, 0.2) is 18.2 Å². The second-order valence-electron chi connectivity index (χ2n) is 3.85. The second kappa shape index (κ2) is 4.08. The van der Waals surface area contributed by atoms with Gasteiger partial charge in [0.05, 0.1) is 12.7 Å². The molecule has 1 heterocycles. The third-order valence-electron chi connectivity index (χ3n) is 2.70. The molecule has 0 spiro atoms. The Kier molecular flexibility index (Phi) is 2.79. The Morgan fingerprint density at radius 2 is 2.20 bits per heavy atom. The highest BCUT2D eigenvalue weighted by atomic mass is 16.3. The van der Waals surface area contributed by atoms with Crippen molar-refractivity contribution in [3.8, 4) is 5.75 Å². The molecule has 0 saturated carbocycles. The molecular formula is C11H15NO3. The molecule has 4 nitrogen and oxygen atoms in total. The first-order valence-electron chi connectivity index (χ1n) is 5.06. The van der Waals surface area contributed by atoms with Gasteiger partial charge in [0.2, 0.25) is 0 Å². The molecule has 1 aromatic rings. The summed E-state index contributed by atoms with van der Waals surface area (Å²) in [5.74, 6) is 0.276. The van der Waals surface area contributed by atoms with E-state index in [0.717, 1.165) is 24.2 Å². The molecule has 15 heavy (non-hydrogen) atoms. The summed E-state index contributed by atoms with van der Waals surface area (Å²) in [6.45, 7) is 1.05. The lowest BCUT2D eigenvalue weighted by molar-refractivity contribution is 0.100. The zero-order valence-electron chi connectivity index (χ0n) is 8.43. The predicted octanol–water partition coefficient (Wildman–Crippen LogP) is 0.108. The summed E-state index contributed by atoms with van der Waals surface area (Å²) in [6, 6.07) is 5.24. The number of rotatable bonds is 3. The van der Waals surface area contributed by atoms with Crippen LogP contribution in [0.1, 0.15) is 5.56 Å². The van der Waals surface area contributed by atoms with Gasteiger partial charge in [-0.15, -0.1) is 0 Å². The molecule has 0 saturated heterocycles. The second-order valence-corrected chi connectivity index (χ2v) is 3.85. The summed E-state index contributed by atoms with van der Waals surface area (Å²) >= 11 is 0. The molecule has 1 aromatic carbocycles. The summed E-state index contributed by atoms with van der Waals surface area (Å²) in [7, 11) is 0. The largest absolute Gasteiger partial charge is 0.508 e. The van der Waals surface area contributed by atoms with Crippen molar-refractivity contribution in [2.24, 2.45) is 0 Å². The van der Waals surface area contributed by atoms with E-state index in [9.17, 15) is 10.2 Å². The maximum Gasteiger partial charge on any atom is 0.116 e. The average Bonchev–Trinajstić information content (AvgIpc) is 2.60. The molecule has 0 radical (unpaired) electrons. The number of nitrogens with zero attached hydrogens (tertiary/aromatic N) is 1. The number of β-amino-alcohol motifs (C(OH)–C–C–N with tert-alkyl or cyclic N) is 1. The van der Waals surface area contributed by atoms with E-state index >= 15 is 0 Å². The highest BCUT2D eigenvalue weighted by molar-refractivity contribution is 5.60. The normalized spacial score (nSPS) is 16.5. The minimum atomic E-state index is -0.704. The topological polar surface area (TPSA) is 63.9 Å². The minimum absolute atomic E-state index is 0.218. The van der Waals surface area contributed by atoms with Crippen molar-refractivity contribution < 1.29 is 15.3 Å². The van der Waals surface area contributed by atoms with Gasteiger partial charge in [-0.25, -0.2) is 0 Å².